The first kappa shape index (κ1) is 12.9. The van der Waals surface area contributed by atoms with E-state index in [-0.39, 0.29) is 16.9 Å². The van der Waals surface area contributed by atoms with Crippen molar-refractivity contribution in [3.8, 4) is 0 Å². The van der Waals surface area contributed by atoms with E-state index >= 15 is 0 Å². The third kappa shape index (κ3) is 2.24. The monoisotopic (exact) mass is 297 g/mol. The van der Waals surface area contributed by atoms with E-state index in [1.165, 1.54) is 0 Å². The van der Waals surface area contributed by atoms with Gasteiger partial charge in [0.25, 0.3) is 5.56 Å². The zero-order chi connectivity index (χ0) is 13.4. The molecule has 0 atom stereocenters. The Morgan fingerprint density at radius 2 is 2.00 bits per heavy atom. The number of piperidine rings is 1. The molecule has 1 N–H and O–H groups in total. The van der Waals surface area contributed by atoms with E-state index in [9.17, 15) is 4.79 Å². The van der Waals surface area contributed by atoms with Gasteiger partial charge in [-0.25, -0.2) is 4.98 Å². The van der Waals surface area contributed by atoms with Gasteiger partial charge in [-0.05, 0) is 49.7 Å². The van der Waals surface area contributed by atoms with Gasteiger partial charge in [-0.1, -0.05) is 17.7 Å². The Balaban J connectivity index is 2.22. The van der Waals surface area contributed by atoms with Crippen molar-refractivity contribution in [2.45, 2.75) is 18.9 Å². The Morgan fingerprint density at radius 1 is 1.26 bits per heavy atom. The molecule has 4 nitrogen and oxygen atoms in total. The van der Waals surface area contributed by atoms with Crippen molar-refractivity contribution in [2.75, 3.05) is 13.1 Å². The summed E-state index contributed by atoms with van der Waals surface area (Å²) < 4.78 is 1.60. The lowest BCUT2D eigenvalue weighted by Gasteiger charge is -2.25. The molecule has 1 fully saturated rings. The smallest absolute Gasteiger partial charge is 0.262 e. The summed E-state index contributed by atoms with van der Waals surface area (Å²) in [6.45, 7) is 1.78. The summed E-state index contributed by atoms with van der Waals surface area (Å²) in [6.07, 6.45) is 1.76. The molecule has 0 radical (unpaired) electrons. The van der Waals surface area contributed by atoms with Crippen molar-refractivity contribution in [1.29, 1.82) is 0 Å². The first-order chi connectivity index (χ1) is 9.18. The molecule has 2 heterocycles. The molecule has 2 aromatic rings. The molecule has 19 heavy (non-hydrogen) atoms. The first-order valence-corrected chi connectivity index (χ1v) is 7.01. The zero-order valence-corrected chi connectivity index (χ0v) is 11.7. The largest absolute Gasteiger partial charge is 0.317 e. The summed E-state index contributed by atoms with van der Waals surface area (Å²) in [5.41, 5.74) is 0.369. The normalized spacial score (nSPS) is 16.9. The predicted molar refractivity (Wildman–Crippen MR) is 77.2 cm³/mol. The van der Waals surface area contributed by atoms with Gasteiger partial charge in [-0.2, -0.15) is 0 Å². The van der Waals surface area contributed by atoms with E-state index in [4.69, 9.17) is 23.2 Å². The fourth-order valence-corrected chi connectivity index (χ4v) is 3.06. The maximum absolute atomic E-state index is 12.6. The number of nitrogens with zero attached hydrogens (tertiary/aromatic N) is 2. The highest BCUT2D eigenvalue weighted by Gasteiger charge is 2.21. The molecular weight excluding hydrogens is 285 g/mol. The molecule has 1 aliphatic rings. The Kier molecular flexibility index (Phi) is 3.48. The molecule has 0 saturated carbocycles. The summed E-state index contributed by atoms with van der Waals surface area (Å²) >= 11 is 12.2. The average Bonchev–Trinajstić information content (AvgIpc) is 2.41. The van der Waals surface area contributed by atoms with Gasteiger partial charge in [-0.15, -0.1) is 0 Å². The van der Waals surface area contributed by atoms with E-state index in [1.54, 1.807) is 22.8 Å². The third-order valence-corrected chi connectivity index (χ3v) is 4.08. The van der Waals surface area contributed by atoms with Gasteiger partial charge < -0.3 is 5.32 Å². The molecule has 0 spiro atoms. The van der Waals surface area contributed by atoms with Gasteiger partial charge in [0.05, 0.1) is 15.9 Å². The quantitative estimate of drug-likeness (QED) is 0.823. The number of rotatable bonds is 1. The number of fused-ring (bicyclic) bond motifs is 1. The minimum absolute atomic E-state index is 0.107. The molecule has 0 bridgehead atoms. The number of aromatic nitrogens is 2. The highest BCUT2D eigenvalue weighted by atomic mass is 35.5. The molecule has 1 aromatic carbocycles. The minimum Gasteiger partial charge on any atom is -0.317 e. The highest BCUT2D eigenvalue weighted by Crippen LogP contribution is 2.25. The summed E-state index contributed by atoms with van der Waals surface area (Å²) in [6, 6.07) is 5.32. The number of nitrogens with one attached hydrogen (secondary N) is 1. The van der Waals surface area contributed by atoms with Gasteiger partial charge in [0, 0.05) is 6.04 Å². The van der Waals surface area contributed by atoms with E-state index in [1.807, 2.05) is 0 Å². The van der Waals surface area contributed by atoms with Crippen molar-refractivity contribution < 1.29 is 0 Å². The van der Waals surface area contributed by atoms with Crippen LogP contribution in [0.2, 0.25) is 10.3 Å². The van der Waals surface area contributed by atoms with Gasteiger partial charge in [-0.3, -0.25) is 9.36 Å². The van der Waals surface area contributed by atoms with Crippen molar-refractivity contribution in [3.63, 3.8) is 0 Å². The van der Waals surface area contributed by atoms with E-state index in [0.29, 0.717) is 15.9 Å². The van der Waals surface area contributed by atoms with E-state index in [2.05, 4.69) is 10.3 Å². The summed E-state index contributed by atoms with van der Waals surface area (Å²) in [5.74, 6) is 0. The van der Waals surface area contributed by atoms with Crippen molar-refractivity contribution in [3.05, 3.63) is 38.9 Å². The van der Waals surface area contributed by atoms with Crippen LogP contribution in [0.25, 0.3) is 10.9 Å². The first-order valence-electron chi connectivity index (χ1n) is 6.25. The van der Waals surface area contributed by atoms with Gasteiger partial charge in [0.2, 0.25) is 5.28 Å². The van der Waals surface area contributed by atoms with Crippen LogP contribution in [0.3, 0.4) is 0 Å². The minimum atomic E-state index is -0.107. The molecule has 0 aliphatic carbocycles. The van der Waals surface area contributed by atoms with Crippen LogP contribution < -0.4 is 10.9 Å². The summed E-state index contributed by atoms with van der Waals surface area (Å²) in [5, 5.41) is 4.47. The topological polar surface area (TPSA) is 46.9 Å². The number of benzene rings is 1. The second kappa shape index (κ2) is 5.12. The van der Waals surface area contributed by atoms with Crippen molar-refractivity contribution >= 4 is 34.1 Å². The average molecular weight is 298 g/mol. The van der Waals surface area contributed by atoms with Crippen LogP contribution in [0, 0.1) is 0 Å². The lowest BCUT2D eigenvalue weighted by molar-refractivity contribution is 0.360. The molecule has 1 aromatic heterocycles. The van der Waals surface area contributed by atoms with Gasteiger partial charge >= 0.3 is 0 Å². The van der Waals surface area contributed by atoms with Crippen LogP contribution in [0.5, 0.6) is 0 Å². The van der Waals surface area contributed by atoms with Crippen LogP contribution in [-0.4, -0.2) is 22.6 Å². The van der Waals surface area contributed by atoms with Gasteiger partial charge in [0.1, 0.15) is 0 Å². The molecule has 0 unspecified atom stereocenters. The maximum Gasteiger partial charge on any atom is 0.262 e. The molecular formula is C13H13Cl2N3O. The third-order valence-electron chi connectivity index (χ3n) is 3.51. The fraction of sp³-hybridized carbons (Fsp3) is 0.385. The molecule has 1 aliphatic heterocycles. The lowest BCUT2D eigenvalue weighted by atomic mass is 10.1. The Bertz CT molecular complexity index is 677. The number of halogens is 2. The predicted octanol–water partition coefficient (Wildman–Crippen LogP) is 2.63. The van der Waals surface area contributed by atoms with Gasteiger partial charge in [0.15, 0.2) is 0 Å². The Hall–Kier alpha value is -1.10. The Morgan fingerprint density at radius 3 is 2.74 bits per heavy atom. The SMILES string of the molecule is O=c1c2cccc(Cl)c2nc(Cl)n1C1CCNCC1. The van der Waals surface area contributed by atoms with Crippen molar-refractivity contribution in [1.82, 2.24) is 14.9 Å². The lowest BCUT2D eigenvalue weighted by Crippen LogP contribution is -2.35. The molecule has 100 valence electrons. The van der Waals surface area contributed by atoms with Crippen LogP contribution in [-0.2, 0) is 0 Å². The van der Waals surface area contributed by atoms with Crippen molar-refractivity contribution in [2.24, 2.45) is 0 Å². The molecule has 3 rings (SSSR count). The fourth-order valence-electron chi connectivity index (χ4n) is 2.54. The van der Waals surface area contributed by atoms with E-state index in [0.717, 1.165) is 25.9 Å². The van der Waals surface area contributed by atoms with Crippen LogP contribution in [0.4, 0.5) is 0 Å². The summed E-state index contributed by atoms with van der Waals surface area (Å²) in [4.78, 5) is 16.8. The van der Waals surface area contributed by atoms with E-state index < -0.39 is 0 Å². The Labute approximate surface area is 120 Å². The van der Waals surface area contributed by atoms with Crippen LogP contribution in [0.15, 0.2) is 23.0 Å². The highest BCUT2D eigenvalue weighted by molar-refractivity contribution is 6.35. The molecule has 6 heteroatoms. The summed E-state index contributed by atoms with van der Waals surface area (Å²) in [7, 11) is 0. The standard InChI is InChI=1S/C13H13Cl2N3O/c14-10-3-1-2-9-11(10)17-13(15)18(12(9)19)8-4-6-16-7-5-8/h1-3,8,16H,4-7H2. The second-order valence-corrected chi connectivity index (χ2v) is 5.42. The molecule has 0 amide bonds. The number of hydrogen-bond donors (Lipinski definition) is 1. The second-order valence-electron chi connectivity index (χ2n) is 4.67. The molecule has 1 saturated heterocycles. The maximum atomic E-state index is 12.6. The number of para-hydroxylation sites is 1. The zero-order valence-electron chi connectivity index (χ0n) is 10.2. The van der Waals surface area contributed by atoms with Crippen LogP contribution >= 0.6 is 23.2 Å². The van der Waals surface area contributed by atoms with Crippen LogP contribution in [0.1, 0.15) is 18.9 Å². The number of hydrogen-bond acceptors (Lipinski definition) is 3.